The average molecular weight is 346 g/mol. The molecule has 4 aliphatic rings. The van der Waals surface area contributed by atoms with Gasteiger partial charge >= 0.3 is 0 Å². The van der Waals surface area contributed by atoms with E-state index in [1.165, 1.54) is 0 Å². The normalized spacial score (nSPS) is 55.6. The lowest BCUT2D eigenvalue weighted by Gasteiger charge is -2.38. The van der Waals surface area contributed by atoms with Crippen LogP contribution in [0.4, 0.5) is 0 Å². The molecule has 3 aliphatic carbocycles. The highest BCUT2D eigenvalue weighted by molar-refractivity contribution is 6.60. The van der Waals surface area contributed by atoms with Crippen molar-refractivity contribution in [3.05, 3.63) is 22.2 Å². The standard InChI is InChI=1S/C12H9Cl5O/c1-3-6-4(2-5-9(3)18-5)11(15)10(14)8(13)7(6)12(11,16)17/h4-7,9H,1-2H2. The van der Waals surface area contributed by atoms with E-state index in [-0.39, 0.29) is 30.0 Å². The van der Waals surface area contributed by atoms with Gasteiger partial charge in [-0.2, -0.15) is 0 Å². The number of fused-ring (bicyclic) bond motifs is 6. The van der Waals surface area contributed by atoms with E-state index in [0.29, 0.717) is 10.1 Å². The van der Waals surface area contributed by atoms with Crippen molar-refractivity contribution in [1.29, 1.82) is 0 Å². The van der Waals surface area contributed by atoms with Crippen LogP contribution in [0.1, 0.15) is 6.42 Å². The van der Waals surface area contributed by atoms with Gasteiger partial charge in [-0.05, 0) is 23.8 Å². The van der Waals surface area contributed by atoms with Crippen LogP contribution in [-0.4, -0.2) is 21.4 Å². The van der Waals surface area contributed by atoms with Crippen molar-refractivity contribution in [3.8, 4) is 0 Å². The Morgan fingerprint density at radius 1 is 1.22 bits per heavy atom. The van der Waals surface area contributed by atoms with Crippen molar-refractivity contribution in [2.24, 2.45) is 17.8 Å². The molecule has 2 saturated carbocycles. The summed E-state index contributed by atoms with van der Waals surface area (Å²) in [5, 5.41) is 0.882. The lowest BCUT2D eigenvalue weighted by Crippen LogP contribution is -2.42. The molecule has 0 spiro atoms. The van der Waals surface area contributed by atoms with Crippen LogP contribution in [0.2, 0.25) is 0 Å². The van der Waals surface area contributed by atoms with Gasteiger partial charge in [0.05, 0.1) is 11.1 Å². The summed E-state index contributed by atoms with van der Waals surface area (Å²) in [4.78, 5) is -1.01. The van der Waals surface area contributed by atoms with Crippen molar-refractivity contribution in [1.82, 2.24) is 0 Å². The van der Waals surface area contributed by atoms with Gasteiger partial charge in [-0.1, -0.05) is 53.0 Å². The fourth-order valence-electron chi connectivity index (χ4n) is 3.98. The number of hydrogen-bond acceptors (Lipinski definition) is 1. The molecule has 6 unspecified atom stereocenters. The molecular formula is C12H9Cl5O. The second kappa shape index (κ2) is 3.37. The van der Waals surface area contributed by atoms with E-state index >= 15 is 0 Å². The van der Waals surface area contributed by atoms with E-state index < -0.39 is 9.21 Å². The third-order valence-electron chi connectivity index (χ3n) is 4.84. The first-order valence-electron chi connectivity index (χ1n) is 5.78. The minimum atomic E-state index is -1.17. The molecule has 0 aromatic carbocycles. The molecule has 18 heavy (non-hydrogen) atoms. The van der Waals surface area contributed by atoms with Crippen molar-refractivity contribution < 1.29 is 4.74 Å². The predicted octanol–water partition coefficient (Wildman–Crippen LogP) is 4.43. The molecule has 1 aliphatic heterocycles. The molecule has 98 valence electrons. The first kappa shape index (κ1) is 12.6. The molecule has 2 bridgehead atoms. The van der Waals surface area contributed by atoms with Crippen LogP contribution in [0.5, 0.6) is 0 Å². The van der Waals surface area contributed by atoms with E-state index in [4.69, 9.17) is 62.7 Å². The minimum Gasteiger partial charge on any atom is -0.365 e. The maximum Gasteiger partial charge on any atom is 0.150 e. The molecule has 0 amide bonds. The zero-order valence-corrected chi connectivity index (χ0v) is 12.9. The van der Waals surface area contributed by atoms with Gasteiger partial charge in [0.15, 0.2) is 4.33 Å². The largest absolute Gasteiger partial charge is 0.365 e. The third-order valence-corrected chi connectivity index (χ3v) is 7.99. The van der Waals surface area contributed by atoms with Gasteiger partial charge in [0.25, 0.3) is 0 Å². The average Bonchev–Trinajstić information content (AvgIpc) is 3.01. The fourth-order valence-corrected chi connectivity index (χ4v) is 6.50. The Labute approximate surface area is 130 Å². The highest BCUT2D eigenvalue weighted by Gasteiger charge is 2.77. The topological polar surface area (TPSA) is 12.5 Å². The Morgan fingerprint density at radius 3 is 2.56 bits per heavy atom. The molecule has 4 rings (SSSR count). The second-order valence-electron chi connectivity index (χ2n) is 5.51. The van der Waals surface area contributed by atoms with E-state index in [1.807, 2.05) is 0 Å². The first-order chi connectivity index (χ1) is 8.31. The summed E-state index contributed by atoms with van der Waals surface area (Å²) in [7, 11) is 0. The van der Waals surface area contributed by atoms with Gasteiger partial charge in [-0.15, -0.1) is 11.6 Å². The monoisotopic (exact) mass is 344 g/mol. The van der Waals surface area contributed by atoms with Crippen LogP contribution < -0.4 is 0 Å². The Balaban J connectivity index is 1.92. The van der Waals surface area contributed by atoms with Crippen LogP contribution in [0.3, 0.4) is 0 Å². The lowest BCUT2D eigenvalue weighted by atomic mass is 9.70. The van der Waals surface area contributed by atoms with Gasteiger partial charge in [0.2, 0.25) is 0 Å². The van der Waals surface area contributed by atoms with Crippen molar-refractivity contribution in [3.63, 3.8) is 0 Å². The number of alkyl halides is 3. The zero-order valence-electron chi connectivity index (χ0n) is 9.10. The molecule has 3 fully saturated rings. The van der Waals surface area contributed by atoms with Crippen molar-refractivity contribution in [2.45, 2.75) is 27.8 Å². The molecule has 0 aromatic heterocycles. The summed E-state index contributed by atoms with van der Waals surface area (Å²) in [6.07, 6.45) is 1.13. The minimum absolute atomic E-state index is 0.0467. The Hall–Kier alpha value is 0.890. The fraction of sp³-hybridized carbons (Fsp3) is 0.667. The van der Waals surface area contributed by atoms with Crippen molar-refractivity contribution in [2.75, 3.05) is 0 Å². The zero-order chi connectivity index (χ0) is 13.0. The van der Waals surface area contributed by atoms with Gasteiger partial charge in [0, 0.05) is 11.0 Å². The number of ether oxygens (including phenoxy) is 1. The van der Waals surface area contributed by atoms with Gasteiger partial charge < -0.3 is 4.74 Å². The predicted molar refractivity (Wildman–Crippen MR) is 74.6 cm³/mol. The SMILES string of the molecule is C=C1C2OC2CC2C1C1C(Cl)=C(Cl)C2(Cl)C1(Cl)Cl. The maximum absolute atomic E-state index is 6.72. The number of halogens is 5. The lowest BCUT2D eigenvalue weighted by molar-refractivity contribution is 0.302. The van der Waals surface area contributed by atoms with E-state index in [9.17, 15) is 0 Å². The van der Waals surface area contributed by atoms with E-state index in [0.717, 1.165) is 12.0 Å². The van der Waals surface area contributed by atoms with Crippen LogP contribution in [-0.2, 0) is 4.74 Å². The van der Waals surface area contributed by atoms with Gasteiger partial charge in [0.1, 0.15) is 11.0 Å². The van der Waals surface area contributed by atoms with E-state index in [1.54, 1.807) is 0 Å². The quantitative estimate of drug-likeness (QED) is 0.359. The Kier molecular flexibility index (Phi) is 2.37. The van der Waals surface area contributed by atoms with Crippen molar-refractivity contribution >= 4 is 58.0 Å². The highest BCUT2D eigenvalue weighted by Crippen LogP contribution is 2.76. The summed E-state index contributed by atoms with van der Waals surface area (Å²) >= 11 is 32.3. The molecule has 6 heteroatoms. The summed E-state index contributed by atoms with van der Waals surface area (Å²) in [6.45, 7) is 4.13. The van der Waals surface area contributed by atoms with E-state index in [2.05, 4.69) is 6.58 Å². The molecule has 0 aromatic rings. The van der Waals surface area contributed by atoms with Crippen LogP contribution in [0.25, 0.3) is 0 Å². The number of epoxide rings is 1. The maximum atomic E-state index is 6.72. The number of rotatable bonds is 0. The molecular weight excluding hydrogens is 337 g/mol. The number of allylic oxidation sites excluding steroid dienone is 2. The summed E-state index contributed by atoms with van der Waals surface area (Å²) in [5.41, 5.74) is 1.01. The van der Waals surface area contributed by atoms with Gasteiger partial charge in [-0.3, -0.25) is 0 Å². The molecule has 1 saturated heterocycles. The second-order valence-corrected chi connectivity index (χ2v) is 8.28. The molecule has 1 heterocycles. The molecule has 6 atom stereocenters. The highest BCUT2D eigenvalue weighted by atomic mass is 35.5. The molecule has 1 nitrogen and oxygen atoms in total. The first-order valence-corrected chi connectivity index (χ1v) is 7.67. The third kappa shape index (κ3) is 1.11. The summed E-state index contributed by atoms with van der Waals surface area (Å²) in [5.74, 6) is -0.156. The van der Waals surface area contributed by atoms with Crippen LogP contribution in [0.15, 0.2) is 22.2 Å². The number of hydrogen-bond donors (Lipinski definition) is 0. The Bertz CT molecular complexity index is 513. The van der Waals surface area contributed by atoms with Crippen LogP contribution >= 0.6 is 58.0 Å². The summed E-state index contributed by atoms with van der Waals surface area (Å²) < 4.78 is 4.42. The molecule has 0 radical (unpaired) electrons. The van der Waals surface area contributed by atoms with Crippen LogP contribution in [0, 0.1) is 17.8 Å². The summed E-state index contributed by atoms with van der Waals surface area (Å²) in [6, 6.07) is 0. The van der Waals surface area contributed by atoms with Gasteiger partial charge in [-0.25, -0.2) is 0 Å². The smallest absolute Gasteiger partial charge is 0.150 e. The Morgan fingerprint density at radius 2 is 1.89 bits per heavy atom. The molecule has 0 N–H and O–H groups in total.